The first-order valence-corrected chi connectivity index (χ1v) is 14.5. The minimum absolute atomic E-state index is 0.0997. The molecule has 0 unspecified atom stereocenters. The number of guanidine groups is 1. The van der Waals surface area contributed by atoms with Crippen molar-refractivity contribution in [1.82, 2.24) is 15.5 Å². The second-order valence-electron chi connectivity index (χ2n) is 11.2. The molecule has 1 aliphatic heterocycles. The maximum absolute atomic E-state index is 13.8. The van der Waals surface area contributed by atoms with Gasteiger partial charge in [0, 0.05) is 24.0 Å². The lowest BCUT2D eigenvalue weighted by molar-refractivity contribution is -0.132. The molecule has 41 heavy (non-hydrogen) atoms. The van der Waals surface area contributed by atoms with E-state index < -0.39 is 17.7 Å². The van der Waals surface area contributed by atoms with Gasteiger partial charge in [0.15, 0.2) is 11.5 Å². The van der Waals surface area contributed by atoms with Crippen molar-refractivity contribution >= 4 is 35.5 Å². The average molecular weight is 584 g/mol. The molecule has 0 fully saturated rings. The summed E-state index contributed by atoms with van der Waals surface area (Å²) in [6, 6.07) is 15.7. The number of nitrogens with zero attached hydrogens (tertiary/aromatic N) is 2. The summed E-state index contributed by atoms with van der Waals surface area (Å²) in [5, 5.41) is 6.22. The number of amides is 3. The molecule has 1 aliphatic rings. The Kier molecular flexibility index (Phi) is 11.2. The van der Waals surface area contributed by atoms with Crippen molar-refractivity contribution < 1.29 is 19.1 Å². The van der Waals surface area contributed by atoms with E-state index in [1.165, 1.54) is 7.11 Å². The van der Waals surface area contributed by atoms with Crippen LogP contribution in [0.3, 0.4) is 0 Å². The molecule has 0 saturated heterocycles. The summed E-state index contributed by atoms with van der Waals surface area (Å²) in [7, 11) is 1.25. The van der Waals surface area contributed by atoms with Crippen LogP contribution in [0.1, 0.15) is 58.1 Å². The number of nitrogens with two attached hydrogens (primary N) is 1. The summed E-state index contributed by atoms with van der Waals surface area (Å²) in [5.74, 6) is 0.0809. The Morgan fingerprint density at radius 1 is 1.05 bits per heavy atom. The average Bonchev–Trinajstić information content (AvgIpc) is 3.17. The molecule has 4 N–H and O–H groups in total. The van der Waals surface area contributed by atoms with Gasteiger partial charge in [0.25, 0.3) is 5.91 Å². The van der Waals surface area contributed by atoms with Crippen LogP contribution >= 0.6 is 11.6 Å². The largest absolute Gasteiger partial charge is 0.453 e. The number of carbonyl (C=O) groups is 3. The molecule has 0 aromatic heterocycles. The van der Waals surface area contributed by atoms with Gasteiger partial charge < -0.3 is 21.1 Å². The first kappa shape index (κ1) is 31.9. The van der Waals surface area contributed by atoms with Crippen molar-refractivity contribution in [2.75, 3.05) is 13.7 Å². The van der Waals surface area contributed by atoms with Crippen molar-refractivity contribution in [3.63, 3.8) is 0 Å². The van der Waals surface area contributed by atoms with E-state index in [0.717, 1.165) is 11.1 Å². The first-order valence-electron chi connectivity index (χ1n) is 14.1. The van der Waals surface area contributed by atoms with E-state index in [1.807, 2.05) is 56.3 Å². The van der Waals surface area contributed by atoms with E-state index in [2.05, 4.69) is 24.5 Å². The topological polar surface area (TPSA) is 126 Å². The number of hydrogen-bond acceptors (Lipinski definition) is 6. The zero-order valence-corrected chi connectivity index (χ0v) is 25.3. The summed E-state index contributed by atoms with van der Waals surface area (Å²) >= 11 is 6.31. The number of halogens is 1. The first-order chi connectivity index (χ1) is 19.5. The zero-order chi connectivity index (χ0) is 30.2. The van der Waals surface area contributed by atoms with Crippen molar-refractivity contribution in [3.05, 3.63) is 70.7 Å². The molecular formula is C31H42ClN5O4. The van der Waals surface area contributed by atoms with Crippen LogP contribution < -0.4 is 16.4 Å². The summed E-state index contributed by atoms with van der Waals surface area (Å²) in [5.41, 5.74) is 6.86. The Balaban J connectivity index is 1.69. The Hall–Kier alpha value is -3.59. The van der Waals surface area contributed by atoms with Crippen LogP contribution in [0.2, 0.25) is 5.02 Å². The fourth-order valence-corrected chi connectivity index (χ4v) is 5.42. The van der Waals surface area contributed by atoms with Crippen molar-refractivity contribution in [2.24, 2.45) is 22.6 Å². The molecule has 3 rings (SSSR count). The SMILES string of the molecule is COC(=O)N[C@@H](Cc1ccccc1Cl)C(=O)N[C@H](CCCN1C(=O)[C@@](CC(C)C)(c2ccccc2)N=C1N)C(C)C. The van der Waals surface area contributed by atoms with Crippen molar-refractivity contribution in [1.29, 1.82) is 0 Å². The Bertz CT molecular complexity index is 1240. The predicted octanol–water partition coefficient (Wildman–Crippen LogP) is 4.63. The maximum atomic E-state index is 13.8. The summed E-state index contributed by atoms with van der Waals surface area (Å²) in [4.78, 5) is 45.4. The molecule has 9 nitrogen and oxygen atoms in total. The number of aliphatic imine (C=N–C) groups is 1. The molecular weight excluding hydrogens is 542 g/mol. The number of methoxy groups -OCH3 is 1. The van der Waals surface area contributed by atoms with Crippen molar-refractivity contribution in [3.8, 4) is 0 Å². The van der Waals surface area contributed by atoms with Crippen LogP contribution in [0, 0.1) is 11.8 Å². The third-order valence-corrected chi connectivity index (χ3v) is 7.71. The minimum atomic E-state index is -1.03. The number of rotatable bonds is 13. The molecule has 3 amide bonds. The van der Waals surface area contributed by atoms with Crippen LogP contribution in [0.4, 0.5) is 4.79 Å². The molecule has 2 aromatic rings. The van der Waals surface area contributed by atoms with Gasteiger partial charge in [-0.1, -0.05) is 87.8 Å². The highest BCUT2D eigenvalue weighted by Gasteiger charge is 2.49. The third kappa shape index (κ3) is 8.00. The van der Waals surface area contributed by atoms with Crippen molar-refractivity contribution in [2.45, 2.75) is 71.0 Å². The fraction of sp³-hybridized carbons (Fsp3) is 0.484. The normalized spacial score (nSPS) is 18.3. The van der Waals surface area contributed by atoms with E-state index in [4.69, 9.17) is 27.1 Å². The monoisotopic (exact) mass is 583 g/mol. The van der Waals surface area contributed by atoms with Crippen LogP contribution in [0.25, 0.3) is 0 Å². The standard InChI is InChI=1S/C31H42ClN5O4/c1-20(2)19-31(23-13-7-6-8-14-23)28(39)37(29(33)36-31)17-11-16-25(21(3)4)34-27(38)26(35-30(40)41-5)18-22-12-9-10-15-24(22)32/h6-10,12-15,20-21,25-26H,11,16-19H2,1-5H3,(H2,33,36)(H,34,38)(H,35,40)/t25-,26+,31-/m1/s1. The minimum Gasteiger partial charge on any atom is -0.453 e. The van der Waals surface area contributed by atoms with E-state index in [9.17, 15) is 14.4 Å². The van der Waals surface area contributed by atoms with Crippen LogP contribution in [-0.2, 0) is 26.3 Å². The van der Waals surface area contributed by atoms with Gasteiger partial charge in [0.2, 0.25) is 5.91 Å². The zero-order valence-electron chi connectivity index (χ0n) is 24.5. The molecule has 222 valence electrons. The van der Waals surface area contributed by atoms with Gasteiger partial charge in [-0.15, -0.1) is 0 Å². The lowest BCUT2D eigenvalue weighted by atomic mass is 9.82. The summed E-state index contributed by atoms with van der Waals surface area (Å²) in [6.45, 7) is 8.54. The van der Waals surface area contributed by atoms with Gasteiger partial charge in [0.05, 0.1) is 7.11 Å². The van der Waals surface area contributed by atoms with Gasteiger partial charge in [-0.2, -0.15) is 0 Å². The molecule has 0 bridgehead atoms. The number of carbonyl (C=O) groups excluding carboxylic acids is 3. The molecule has 3 atom stereocenters. The van der Waals surface area contributed by atoms with E-state index in [1.54, 1.807) is 17.0 Å². The lowest BCUT2D eigenvalue weighted by Gasteiger charge is -2.29. The Morgan fingerprint density at radius 2 is 1.71 bits per heavy atom. The molecule has 2 aromatic carbocycles. The molecule has 10 heteroatoms. The van der Waals surface area contributed by atoms with Gasteiger partial charge in [-0.05, 0) is 48.3 Å². The van der Waals surface area contributed by atoms with E-state index in [0.29, 0.717) is 30.8 Å². The van der Waals surface area contributed by atoms with Gasteiger partial charge in [0.1, 0.15) is 6.04 Å². The van der Waals surface area contributed by atoms with E-state index >= 15 is 0 Å². The summed E-state index contributed by atoms with van der Waals surface area (Å²) < 4.78 is 4.74. The number of nitrogens with one attached hydrogen (secondary N) is 2. The second kappa shape index (κ2) is 14.3. The highest BCUT2D eigenvalue weighted by molar-refractivity contribution is 6.31. The Labute approximate surface area is 247 Å². The van der Waals surface area contributed by atoms with Gasteiger partial charge >= 0.3 is 6.09 Å². The van der Waals surface area contributed by atoms with Crippen LogP contribution in [0.15, 0.2) is 59.6 Å². The number of benzene rings is 2. The third-order valence-electron chi connectivity index (χ3n) is 7.34. The molecule has 0 aliphatic carbocycles. The molecule has 0 spiro atoms. The molecule has 0 radical (unpaired) electrons. The number of hydrogen-bond donors (Lipinski definition) is 3. The lowest BCUT2D eigenvalue weighted by Crippen LogP contribution is -2.52. The van der Waals surface area contributed by atoms with Crippen LogP contribution in [-0.4, -0.2) is 54.5 Å². The van der Waals surface area contributed by atoms with Crippen LogP contribution in [0.5, 0.6) is 0 Å². The maximum Gasteiger partial charge on any atom is 0.407 e. The predicted molar refractivity (Wildman–Crippen MR) is 161 cm³/mol. The molecule has 1 heterocycles. The summed E-state index contributed by atoms with van der Waals surface area (Å²) in [6.07, 6.45) is 1.25. The second-order valence-corrected chi connectivity index (χ2v) is 11.6. The highest BCUT2D eigenvalue weighted by atomic mass is 35.5. The van der Waals surface area contributed by atoms with Gasteiger partial charge in [-0.3, -0.25) is 14.5 Å². The number of alkyl carbamates (subject to hydrolysis) is 1. The highest BCUT2D eigenvalue weighted by Crippen LogP contribution is 2.38. The fourth-order valence-electron chi connectivity index (χ4n) is 5.21. The van der Waals surface area contributed by atoms with Gasteiger partial charge in [-0.25, -0.2) is 9.79 Å². The Morgan fingerprint density at radius 3 is 2.32 bits per heavy atom. The molecule has 0 saturated carbocycles. The quantitative estimate of drug-likeness (QED) is 0.317. The van der Waals surface area contributed by atoms with E-state index in [-0.39, 0.29) is 42.1 Å². The smallest absolute Gasteiger partial charge is 0.407 e. The number of ether oxygens (including phenoxy) is 1.